The fourth-order valence-corrected chi connectivity index (χ4v) is 4.43. The molecule has 2 aliphatic rings. The number of hydrogen-bond donors (Lipinski definition) is 1. The van der Waals surface area contributed by atoms with Crippen LogP contribution >= 0.6 is 0 Å². The van der Waals surface area contributed by atoms with E-state index in [1.165, 1.54) is 6.07 Å². The van der Waals surface area contributed by atoms with Gasteiger partial charge in [-0.05, 0) is 44.0 Å². The summed E-state index contributed by atoms with van der Waals surface area (Å²) in [5.41, 5.74) is 2.27. The molecule has 2 bridgehead atoms. The number of aromatic nitrogens is 3. The normalized spacial score (nSPS) is 21.6. The van der Waals surface area contributed by atoms with Crippen LogP contribution in [0.5, 0.6) is 0 Å². The molecule has 2 saturated heterocycles. The van der Waals surface area contributed by atoms with Crippen molar-refractivity contribution in [3.05, 3.63) is 53.3 Å². The molecule has 1 aromatic carbocycles. The predicted octanol–water partition coefficient (Wildman–Crippen LogP) is 4.50. The molecule has 0 aliphatic carbocycles. The van der Waals surface area contributed by atoms with Crippen LogP contribution in [0.4, 0.5) is 24.7 Å². The van der Waals surface area contributed by atoms with E-state index in [2.05, 4.69) is 25.4 Å². The molecule has 5 rings (SSSR count). The highest BCUT2D eigenvalue weighted by atomic mass is 19.4. The van der Waals surface area contributed by atoms with Gasteiger partial charge in [-0.1, -0.05) is 12.1 Å². The summed E-state index contributed by atoms with van der Waals surface area (Å²) in [4.78, 5) is 6.95. The quantitative estimate of drug-likeness (QED) is 0.659. The molecule has 0 spiro atoms. The van der Waals surface area contributed by atoms with Crippen LogP contribution in [0.2, 0.25) is 0 Å². The molecule has 2 aliphatic heterocycles. The summed E-state index contributed by atoms with van der Waals surface area (Å²) < 4.78 is 44.9. The molecule has 2 unspecified atom stereocenters. The van der Waals surface area contributed by atoms with Gasteiger partial charge in [-0.25, -0.2) is 0 Å². The lowest BCUT2D eigenvalue weighted by Crippen LogP contribution is -2.64. The summed E-state index contributed by atoms with van der Waals surface area (Å²) in [5.74, 6) is 0.502. The van der Waals surface area contributed by atoms with E-state index in [0.717, 1.165) is 35.1 Å². The number of anilines is 2. The van der Waals surface area contributed by atoms with Gasteiger partial charge in [-0.2, -0.15) is 18.3 Å². The second-order valence-corrected chi connectivity index (χ2v) is 8.20. The number of pyridine rings is 1. The number of morpholine rings is 1. The number of aryl methyl sites for hydroxylation is 1. The van der Waals surface area contributed by atoms with Gasteiger partial charge in [0.1, 0.15) is 0 Å². The number of rotatable bonds is 4. The van der Waals surface area contributed by atoms with Gasteiger partial charge < -0.3 is 15.0 Å². The first-order chi connectivity index (χ1) is 14.8. The number of alkyl halides is 3. The van der Waals surface area contributed by atoms with Crippen LogP contribution < -0.4 is 10.2 Å². The van der Waals surface area contributed by atoms with E-state index in [1.807, 2.05) is 19.2 Å². The molecule has 1 N–H and O–H groups in total. The number of halogens is 3. The summed E-state index contributed by atoms with van der Waals surface area (Å²) in [6, 6.07) is 7.66. The molecular formula is C22H22F3N5O. The maximum absolute atomic E-state index is 13.1. The minimum atomic E-state index is -4.39. The summed E-state index contributed by atoms with van der Waals surface area (Å²) in [7, 11) is 0. The standard InChI is InChI=1S/C22H22F3N5O/c1-12(14-4-3-5-15(6-14)22(23,24)25)27-21-19-8-16(9-26-20(19)13(2)28-29-21)30-17-7-18(30)11-31-10-17/h3-6,8-9,12,17-18H,7,10-11H2,1-2H3,(H,27,29)/t12-,17?,18?/m1/s1. The van der Waals surface area contributed by atoms with Gasteiger partial charge in [-0.15, -0.1) is 5.10 Å². The number of hydrogen-bond acceptors (Lipinski definition) is 6. The van der Waals surface area contributed by atoms with Crippen LogP contribution in [0.15, 0.2) is 36.5 Å². The van der Waals surface area contributed by atoms with Crippen LogP contribution in [0.1, 0.15) is 36.2 Å². The Morgan fingerprint density at radius 3 is 2.65 bits per heavy atom. The fraction of sp³-hybridized carbons (Fsp3) is 0.409. The molecule has 2 fully saturated rings. The van der Waals surface area contributed by atoms with Crippen molar-refractivity contribution in [3.8, 4) is 0 Å². The van der Waals surface area contributed by atoms with Crippen molar-refractivity contribution in [3.63, 3.8) is 0 Å². The first-order valence-electron chi connectivity index (χ1n) is 10.2. The molecule has 31 heavy (non-hydrogen) atoms. The highest BCUT2D eigenvalue weighted by molar-refractivity contribution is 5.92. The van der Waals surface area contributed by atoms with Gasteiger partial charge in [0, 0.05) is 5.39 Å². The lowest BCUT2D eigenvalue weighted by Gasteiger charge is -2.53. The molecule has 3 atom stereocenters. The van der Waals surface area contributed by atoms with Gasteiger partial charge in [0.2, 0.25) is 0 Å². The van der Waals surface area contributed by atoms with E-state index in [0.29, 0.717) is 42.4 Å². The van der Waals surface area contributed by atoms with Crippen molar-refractivity contribution < 1.29 is 17.9 Å². The molecular weight excluding hydrogens is 407 g/mol. The van der Waals surface area contributed by atoms with Crippen LogP contribution in [-0.2, 0) is 10.9 Å². The number of nitrogens with zero attached hydrogens (tertiary/aromatic N) is 4. The number of benzene rings is 1. The topological polar surface area (TPSA) is 63.2 Å². The lowest BCUT2D eigenvalue weighted by atomic mass is 9.90. The van der Waals surface area contributed by atoms with Crippen molar-refractivity contribution in [2.75, 3.05) is 23.4 Å². The van der Waals surface area contributed by atoms with Gasteiger partial charge in [0.05, 0.1) is 60.0 Å². The van der Waals surface area contributed by atoms with E-state index < -0.39 is 17.8 Å². The molecule has 0 saturated carbocycles. The molecule has 0 amide bonds. The zero-order chi connectivity index (χ0) is 21.8. The molecule has 0 radical (unpaired) electrons. The smallest absolute Gasteiger partial charge is 0.377 e. The minimum Gasteiger partial charge on any atom is -0.377 e. The Balaban J connectivity index is 1.48. The number of fused-ring (bicyclic) bond motifs is 3. The molecule has 6 nitrogen and oxygen atoms in total. The van der Waals surface area contributed by atoms with Crippen LogP contribution in [-0.4, -0.2) is 40.5 Å². The summed E-state index contributed by atoms with van der Waals surface area (Å²) >= 11 is 0. The third-order valence-electron chi connectivity index (χ3n) is 6.09. The zero-order valence-electron chi connectivity index (χ0n) is 17.1. The second kappa shape index (κ2) is 7.33. The largest absolute Gasteiger partial charge is 0.416 e. The Labute approximate surface area is 177 Å². The van der Waals surface area contributed by atoms with Gasteiger partial charge in [0.25, 0.3) is 0 Å². The van der Waals surface area contributed by atoms with E-state index in [4.69, 9.17) is 4.74 Å². The average Bonchev–Trinajstić information content (AvgIpc) is 2.75. The summed E-state index contributed by atoms with van der Waals surface area (Å²) in [6.07, 6.45) is -1.42. The molecule has 2 aromatic heterocycles. The number of nitrogens with one attached hydrogen (secondary N) is 1. The highest BCUT2D eigenvalue weighted by Crippen LogP contribution is 2.38. The Bertz CT molecular complexity index is 1120. The minimum absolute atomic E-state index is 0.356. The lowest BCUT2D eigenvalue weighted by molar-refractivity contribution is -0.137. The van der Waals surface area contributed by atoms with E-state index >= 15 is 0 Å². The Kier molecular flexibility index (Phi) is 4.73. The second-order valence-electron chi connectivity index (χ2n) is 8.20. The van der Waals surface area contributed by atoms with Crippen molar-refractivity contribution in [1.29, 1.82) is 0 Å². The Hall–Kier alpha value is -2.94. The first-order valence-corrected chi connectivity index (χ1v) is 10.2. The first kappa shape index (κ1) is 20.0. The summed E-state index contributed by atoms with van der Waals surface area (Å²) in [6.45, 7) is 5.06. The van der Waals surface area contributed by atoms with E-state index in [9.17, 15) is 13.2 Å². The molecule has 4 heterocycles. The van der Waals surface area contributed by atoms with Crippen LogP contribution in [0.25, 0.3) is 10.9 Å². The van der Waals surface area contributed by atoms with Crippen LogP contribution in [0, 0.1) is 6.92 Å². The SMILES string of the molecule is Cc1nnc(N[C@H](C)c2cccc(C(F)(F)F)c2)c2cc(N3C4COCC3C4)cnc12. The van der Waals surface area contributed by atoms with E-state index in [1.54, 1.807) is 13.0 Å². The highest BCUT2D eigenvalue weighted by Gasteiger charge is 2.42. The van der Waals surface area contributed by atoms with Crippen molar-refractivity contribution in [2.45, 2.75) is 44.6 Å². The summed E-state index contributed by atoms with van der Waals surface area (Å²) in [5, 5.41) is 12.5. The van der Waals surface area contributed by atoms with Crippen molar-refractivity contribution >= 4 is 22.4 Å². The molecule has 3 aromatic rings. The monoisotopic (exact) mass is 429 g/mol. The van der Waals surface area contributed by atoms with Gasteiger partial charge in [-0.3, -0.25) is 4.98 Å². The average molecular weight is 429 g/mol. The van der Waals surface area contributed by atoms with Crippen molar-refractivity contribution in [1.82, 2.24) is 15.2 Å². The zero-order valence-corrected chi connectivity index (χ0v) is 17.1. The maximum Gasteiger partial charge on any atom is 0.416 e. The van der Waals surface area contributed by atoms with E-state index in [-0.39, 0.29) is 0 Å². The molecule has 162 valence electrons. The van der Waals surface area contributed by atoms with Crippen LogP contribution in [0.3, 0.4) is 0 Å². The molecule has 9 heteroatoms. The van der Waals surface area contributed by atoms with Gasteiger partial charge in [0.15, 0.2) is 5.82 Å². The van der Waals surface area contributed by atoms with Gasteiger partial charge >= 0.3 is 6.18 Å². The maximum atomic E-state index is 13.1. The number of ether oxygens (including phenoxy) is 1. The fourth-order valence-electron chi connectivity index (χ4n) is 4.43. The third kappa shape index (κ3) is 3.56. The third-order valence-corrected chi connectivity index (χ3v) is 6.09. The van der Waals surface area contributed by atoms with Crippen molar-refractivity contribution in [2.24, 2.45) is 0 Å². The predicted molar refractivity (Wildman–Crippen MR) is 111 cm³/mol. The Morgan fingerprint density at radius 1 is 1.16 bits per heavy atom. The Morgan fingerprint density at radius 2 is 1.94 bits per heavy atom.